The van der Waals surface area contributed by atoms with Gasteiger partial charge in [-0.15, -0.1) is 0 Å². The Morgan fingerprint density at radius 1 is 1.00 bits per heavy atom. The second-order valence-corrected chi connectivity index (χ2v) is 7.42. The number of nitrogens with two attached hydrogens (primary N) is 1. The van der Waals surface area contributed by atoms with Crippen molar-refractivity contribution in [3.63, 3.8) is 0 Å². The van der Waals surface area contributed by atoms with Crippen molar-refractivity contribution in [2.75, 3.05) is 6.54 Å². The number of halogens is 1. The van der Waals surface area contributed by atoms with Crippen molar-refractivity contribution in [2.45, 2.75) is 17.9 Å². The Labute approximate surface area is 151 Å². The molecule has 0 bridgehead atoms. The van der Waals surface area contributed by atoms with Gasteiger partial charge in [0.25, 0.3) is 0 Å². The van der Waals surface area contributed by atoms with Gasteiger partial charge in [-0.1, -0.05) is 24.3 Å². The van der Waals surface area contributed by atoms with Crippen LogP contribution in [0.1, 0.15) is 11.3 Å². The van der Waals surface area contributed by atoms with Gasteiger partial charge in [0.05, 0.1) is 17.0 Å². The lowest BCUT2D eigenvalue weighted by molar-refractivity contribution is 0.491. The lowest BCUT2D eigenvalue weighted by atomic mass is 10.1. The first-order chi connectivity index (χ1) is 12.4. The summed E-state index contributed by atoms with van der Waals surface area (Å²) in [7, 11) is -3.66. The van der Waals surface area contributed by atoms with E-state index in [1.165, 1.54) is 18.2 Å². The Kier molecular flexibility index (Phi) is 5.51. The normalized spacial score (nSPS) is 11.6. The van der Waals surface area contributed by atoms with Crippen LogP contribution in [0, 0.1) is 5.82 Å². The first-order valence-electron chi connectivity index (χ1n) is 8.09. The SMILES string of the molecule is NS(=O)(=O)c1ccc(CCNCc2ccc(-c3ccccc3F)o2)cc1. The van der Waals surface area contributed by atoms with E-state index in [9.17, 15) is 12.8 Å². The summed E-state index contributed by atoms with van der Waals surface area (Å²) in [5.41, 5.74) is 1.44. The van der Waals surface area contributed by atoms with Gasteiger partial charge in [0.2, 0.25) is 10.0 Å². The number of rotatable bonds is 7. The van der Waals surface area contributed by atoms with Gasteiger partial charge < -0.3 is 9.73 Å². The number of sulfonamides is 1. The molecule has 0 amide bonds. The summed E-state index contributed by atoms with van der Waals surface area (Å²) < 4.78 is 41.9. The highest BCUT2D eigenvalue weighted by molar-refractivity contribution is 7.89. The molecule has 0 radical (unpaired) electrons. The molecule has 0 spiro atoms. The molecule has 5 nitrogen and oxygen atoms in total. The zero-order valence-corrected chi connectivity index (χ0v) is 14.8. The number of hydrogen-bond acceptors (Lipinski definition) is 4. The lowest BCUT2D eigenvalue weighted by Gasteiger charge is -2.05. The fraction of sp³-hybridized carbons (Fsp3) is 0.158. The maximum absolute atomic E-state index is 13.8. The van der Waals surface area contributed by atoms with Crippen molar-refractivity contribution in [1.82, 2.24) is 5.32 Å². The highest BCUT2D eigenvalue weighted by Gasteiger charge is 2.09. The van der Waals surface area contributed by atoms with E-state index in [2.05, 4.69) is 5.32 Å². The number of hydrogen-bond donors (Lipinski definition) is 2. The van der Waals surface area contributed by atoms with Crippen molar-refractivity contribution < 1.29 is 17.2 Å². The largest absolute Gasteiger partial charge is 0.460 e. The molecule has 3 aromatic rings. The van der Waals surface area contributed by atoms with Gasteiger partial charge in [-0.05, 0) is 54.9 Å². The molecule has 0 unspecified atom stereocenters. The summed E-state index contributed by atoms with van der Waals surface area (Å²) in [6.07, 6.45) is 0.728. The van der Waals surface area contributed by atoms with Crippen LogP contribution in [-0.2, 0) is 23.0 Å². The van der Waals surface area contributed by atoms with Gasteiger partial charge in [0.1, 0.15) is 17.3 Å². The van der Waals surface area contributed by atoms with Crippen molar-refractivity contribution >= 4 is 10.0 Å². The van der Waals surface area contributed by atoms with Crippen LogP contribution in [0.2, 0.25) is 0 Å². The topological polar surface area (TPSA) is 85.3 Å². The molecule has 0 aliphatic rings. The summed E-state index contributed by atoms with van der Waals surface area (Å²) >= 11 is 0. The maximum atomic E-state index is 13.8. The quantitative estimate of drug-likeness (QED) is 0.623. The van der Waals surface area contributed by atoms with Gasteiger partial charge in [0, 0.05) is 0 Å². The Bertz CT molecular complexity index is 982. The Hall–Kier alpha value is -2.48. The van der Waals surface area contributed by atoms with Crippen LogP contribution in [0.4, 0.5) is 4.39 Å². The van der Waals surface area contributed by atoms with Gasteiger partial charge in [0.15, 0.2) is 0 Å². The molecule has 0 atom stereocenters. The Balaban J connectivity index is 1.51. The van der Waals surface area contributed by atoms with Gasteiger partial charge in [-0.3, -0.25) is 0 Å². The maximum Gasteiger partial charge on any atom is 0.238 e. The van der Waals surface area contributed by atoms with Gasteiger partial charge in [-0.2, -0.15) is 0 Å². The van der Waals surface area contributed by atoms with Crippen molar-refractivity contribution in [3.8, 4) is 11.3 Å². The molecule has 136 valence electrons. The molecule has 1 aromatic heterocycles. The highest BCUT2D eigenvalue weighted by atomic mass is 32.2. The number of benzene rings is 2. The van der Waals surface area contributed by atoms with E-state index in [-0.39, 0.29) is 10.7 Å². The highest BCUT2D eigenvalue weighted by Crippen LogP contribution is 2.24. The summed E-state index contributed by atoms with van der Waals surface area (Å²) in [6.45, 7) is 1.20. The molecule has 3 N–H and O–H groups in total. The van der Waals surface area contributed by atoms with E-state index in [1.54, 1.807) is 36.4 Å². The molecule has 0 saturated heterocycles. The molecule has 3 rings (SSSR count). The fourth-order valence-electron chi connectivity index (χ4n) is 2.57. The number of primary sulfonamides is 1. The predicted molar refractivity (Wildman–Crippen MR) is 97.3 cm³/mol. The number of furan rings is 1. The molecule has 1 heterocycles. The Morgan fingerprint density at radius 2 is 1.73 bits per heavy atom. The first-order valence-corrected chi connectivity index (χ1v) is 9.64. The van der Waals surface area contributed by atoms with Crippen molar-refractivity contribution in [1.29, 1.82) is 0 Å². The Morgan fingerprint density at radius 3 is 2.42 bits per heavy atom. The van der Waals surface area contributed by atoms with Crippen LogP contribution < -0.4 is 10.5 Å². The van der Waals surface area contributed by atoms with E-state index in [0.29, 0.717) is 30.2 Å². The summed E-state index contributed by atoms with van der Waals surface area (Å²) in [4.78, 5) is 0.102. The zero-order valence-electron chi connectivity index (χ0n) is 14.0. The molecular weight excluding hydrogens is 355 g/mol. The average molecular weight is 374 g/mol. The molecule has 26 heavy (non-hydrogen) atoms. The van der Waals surface area contributed by atoms with E-state index in [1.807, 2.05) is 6.07 Å². The fourth-order valence-corrected chi connectivity index (χ4v) is 3.08. The molecule has 7 heteroatoms. The van der Waals surface area contributed by atoms with Gasteiger partial charge in [-0.25, -0.2) is 17.9 Å². The van der Waals surface area contributed by atoms with Crippen LogP contribution in [0.3, 0.4) is 0 Å². The van der Waals surface area contributed by atoms with Crippen LogP contribution >= 0.6 is 0 Å². The number of nitrogens with one attached hydrogen (secondary N) is 1. The van der Waals surface area contributed by atoms with Crippen LogP contribution in [-0.4, -0.2) is 15.0 Å². The van der Waals surface area contributed by atoms with E-state index < -0.39 is 10.0 Å². The van der Waals surface area contributed by atoms with E-state index in [4.69, 9.17) is 9.56 Å². The van der Waals surface area contributed by atoms with E-state index in [0.717, 1.165) is 12.0 Å². The zero-order chi connectivity index (χ0) is 18.6. The summed E-state index contributed by atoms with van der Waals surface area (Å²) in [6, 6.07) is 16.5. The molecule has 0 saturated carbocycles. The predicted octanol–water partition coefficient (Wildman–Crippen LogP) is 3.07. The summed E-state index contributed by atoms with van der Waals surface area (Å²) in [5, 5.41) is 8.32. The van der Waals surface area contributed by atoms with Crippen LogP contribution in [0.25, 0.3) is 11.3 Å². The van der Waals surface area contributed by atoms with Crippen molar-refractivity contribution in [2.24, 2.45) is 5.14 Å². The van der Waals surface area contributed by atoms with E-state index >= 15 is 0 Å². The third-order valence-corrected chi connectivity index (χ3v) is 4.87. The third kappa shape index (κ3) is 4.57. The monoisotopic (exact) mass is 374 g/mol. The molecule has 2 aromatic carbocycles. The minimum Gasteiger partial charge on any atom is -0.460 e. The standard InChI is InChI=1S/C19H19FN2O3S/c20-18-4-2-1-3-17(18)19-10-7-15(25-19)13-22-12-11-14-5-8-16(9-6-14)26(21,23)24/h1-10,22H,11-13H2,(H2,21,23,24). The molecule has 0 aliphatic carbocycles. The van der Waals surface area contributed by atoms with Gasteiger partial charge >= 0.3 is 0 Å². The van der Waals surface area contributed by atoms with Crippen LogP contribution in [0.15, 0.2) is 70.0 Å². The minimum absolute atomic E-state index is 0.102. The smallest absolute Gasteiger partial charge is 0.238 e. The lowest BCUT2D eigenvalue weighted by Crippen LogP contribution is -2.16. The first kappa shape index (κ1) is 18.3. The van der Waals surface area contributed by atoms with Crippen LogP contribution in [0.5, 0.6) is 0 Å². The summed E-state index contributed by atoms with van der Waals surface area (Å²) in [5.74, 6) is 0.899. The third-order valence-electron chi connectivity index (χ3n) is 3.94. The molecule has 0 fully saturated rings. The second kappa shape index (κ2) is 7.82. The average Bonchev–Trinajstić information content (AvgIpc) is 3.07. The minimum atomic E-state index is -3.66. The second-order valence-electron chi connectivity index (χ2n) is 5.86. The van der Waals surface area contributed by atoms with Crippen molar-refractivity contribution in [3.05, 3.63) is 77.8 Å². The molecular formula is C19H19FN2O3S. The molecule has 0 aliphatic heterocycles.